The van der Waals surface area contributed by atoms with E-state index in [9.17, 15) is 5.11 Å². The molecule has 0 radical (unpaired) electrons. The van der Waals surface area contributed by atoms with Crippen molar-refractivity contribution in [2.24, 2.45) is 11.8 Å². The summed E-state index contributed by atoms with van der Waals surface area (Å²) in [7, 11) is 0. The second-order valence-corrected chi connectivity index (χ2v) is 5.13. The van der Waals surface area contributed by atoms with Crippen molar-refractivity contribution in [3.05, 3.63) is 11.8 Å². The van der Waals surface area contributed by atoms with Crippen molar-refractivity contribution >= 4 is 0 Å². The van der Waals surface area contributed by atoms with E-state index in [-0.39, 0.29) is 6.10 Å². The highest BCUT2D eigenvalue weighted by atomic mass is 16.5. The third-order valence-corrected chi connectivity index (χ3v) is 3.85. The van der Waals surface area contributed by atoms with Gasteiger partial charge in [0.2, 0.25) is 0 Å². The summed E-state index contributed by atoms with van der Waals surface area (Å²) in [6, 6.07) is 0. The van der Waals surface area contributed by atoms with Crippen LogP contribution in [0.2, 0.25) is 0 Å². The fourth-order valence-electron chi connectivity index (χ4n) is 2.71. The summed E-state index contributed by atoms with van der Waals surface area (Å²) in [5.41, 5.74) is 1.13. The van der Waals surface area contributed by atoms with Crippen molar-refractivity contribution in [2.75, 3.05) is 6.61 Å². The van der Waals surface area contributed by atoms with Crippen LogP contribution >= 0.6 is 0 Å². The highest BCUT2D eigenvalue weighted by molar-refractivity contribution is 5.08. The predicted molar refractivity (Wildman–Crippen MR) is 60.4 cm³/mol. The molecule has 1 heterocycles. The van der Waals surface area contributed by atoms with Crippen molar-refractivity contribution in [1.82, 2.24) is 0 Å². The monoisotopic (exact) mass is 210 g/mol. The molecule has 1 unspecified atom stereocenters. The van der Waals surface area contributed by atoms with Gasteiger partial charge in [0.15, 0.2) is 0 Å². The molecular formula is C13H22O2. The zero-order chi connectivity index (χ0) is 10.7. The first kappa shape index (κ1) is 11.0. The zero-order valence-corrected chi connectivity index (χ0v) is 9.61. The standard InChI is InChI=1S/C13H22O2/c1-10-4-6-11(7-5-10)13(14)12-3-2-8-15-9-12/h9-11,13-14H,2-8H2,1H3. The minimum Gasteiger partial charge on any atom is -0.501 e. The Bertz CT molecular complexity index is 227. The first-order chi connectivity index (χ1) is 7.27. The molecule has 15 heavy (non-hydrogen) atoms. The molecule has 1 aliphatic carbocycles. The minimum absolute atomic E-state index is 0.238. The SMILES string of the molecule is CC1CCC(C(O)C2=COCCC2)CC1. The number of ether oxygens (including phenoxy) is 1. The molecule has 0 aromatic carbocycles. The van der Waals surface area contributed by atoms with Gasteiger partial charge in [0.25, 0.3) is 0 Å². The van der Waals surface area contributed by atoms with Gasteiger partial charge in [-0.25, -0.2) is 0 Å². The Morgan fingerprint density at radius 1 is 1.33 bits per heavy atom. The number of aliphatic hydroxyl groups excluding tert-OH is 1. The molecule has 1 fully saturated rings. The van der Waals surface area contributed by atoms with Gasteiger partial charge in [0.1, 0.15) is 0 Å². The molecule has 86 valence electrons. The first-order valence-corrected chi connectivity index (χ1v) is 6.26. The van der Waals surface area contributed by atoms with Crippen LogP contribution in [0.15, 0.2) is 11.8 Å². The first-order valence-electron chi connectivity index (χ1n) is 6.26. The van der Waals surface area contributed by atoms with Crippen molar-refractivity contribution in [1.29, 1.82) is 0 Å². The average Bonchev–Trinajstić information content (AvgIpc) is 2.30. The summed E-state index contributed by atoms with van der Waals surface area (Å²) in [5.74, 6) is 1.33. The topological polar surface area (TPSA) is 29.5 Å². The third kappa shape index (κ3) is 2.75. The van der Waals surface area contributed by atoms with E-state index >= 15 is 0 Å². The van der Waals surface area contributed by atoms with Crippen molar-refractivity contribution < 1.29 is 9.84 Å². The van der Waals surface area contributed by atoms with E-state index in [0.29, 0.717) is 5.92 Å². The fourth-order valence-corrected chi connectivity index (χ4v) is 2.71. The Morgan fingerprint density at radius 2 is 2.07 bits per heavy atom. The normalized spacial score (nSPS) is 34.1. The Balaban J connectivity index is 1.89. The van der Waals surface area contributed by atoms with E-state index in [1.54, 1.807) is 6.26 Å². The molecule has 0 spiro atoms. The lowest BCUT2D eigenvalue weighted by molar-refractivity contribution is 0.0898. The highest BCUT2D eigenvalue weighted by Gasteiger charge is 2.27. The van der Waals surface area contributed by atoms with E-state index in [2.05, 4.69) is 6.92 Å². The summed E-state index contributed by atoms with van der Waals surface area (Å²) in [5, 5.41) is 10.2. The summed E-state index contributed by atoms with van der Waals surface area (Å²) in [4.78, 5) is 0. The van der Waals surface area contributed by atoms with Crippen molar-refractivity contribution in [3.63, 3.8) is 0 Å². The summed E-state index contributed by atoms with van der Waals surface area (Å²) >= 11 is 0. The number of hydrogen-bond acceptors (Lipinski definition) is 2. The van der Waals surface area contributed by atoms with Crippen LogP contribution in [0.1, 0.15) is 45.4 Å². The van der Waals surface area contributed by atoms with E-state index < -0.39 is 0 Å². The molecule has 0 amide bonds. The van der Waals surface area contributed by atoms with Crippen LogP contribution in [0.4, 0.5) is 0 Å². The van der Waals surface area contributed by atoms with Gasteiger partial charge in [-0.15, -0.1) is 0 Å². The predicted octanol–water partition coefficient (Wildman–Crippen LogP) is 2.87. The van der Waals surface area contributed by atoms with Crippen LogP contribution in [-0.4, -0.2) is 17.8 Å². The molecule has 2 rings (SSSR count). The molecule has 0 aromatic heterocycles. The van der Waals surface area contributed by atoms with E-state index in [4.69, 9.17) is 4.74 Å². The van der Waals surface area contributed by atoms with E-state index in [1.165, 1.54) is 25.7 Å². The largest absolute Gasteiger partial charge is 0.501 e. The summed E-state index contributed by atoms with van der Waals surface area (Å²) < 4.78 is 5.29. The number of rotatable bonds is 2. The molecule has 2 nitrogen and oxygen atoms in total. The second-order valence-electron chi connectivity index (χ2n) is 5.13. The lowest BCUT2D eigenvalue weighted by atomic mass is 9.78. The number of aliphatic hydroxyl groups is 1. The Kier molecular flexibility index (Phi) is 3.68. The van der Waals surface area contributed by atoms with Crippen LogP contribution in [-0.2, 0) is 4.74 Å². The smallest absolute Gasteiger partial charge is 0.0876 e. The van der Waals surface area contributed by atoms with Gasteiger partial charge < -0.3 is 9.84 Å². The lowest BCUT2D eigenvalue weighted by Gasteiger charge is -2.31. The van der Waals surface area contributed by atoms with E-state index in [0.717, 1.165) is 30.9 Å². The van der Waals surface area contributed by atoms with Gasteiger partial charge in [0, 0.05) is 0 Å². The Labute approximate surface area is 92.3 Å². The minimum atomic E-state index is -0.238. The molecule has 2 aliphatic rings. The van der Waals surface area contributed by atoms with Crippen LogP contribution in [0.5, 0.6) is 0 Å². The van der Waals surface area contributed by atoms with E-state index in [1.807, 2.05) is 0 Å². The molecule has 0 bridgehead atoms. The molecule has 2 heteroatoms. The maximum absolute atomic E-state index is 10.2. The van der Waals surface area contributed by atoms with Crippen molar-refractivity contribution in [3.8, 4) is 0 Å². The third-order valence-electron chi connectivity index (χ3n) is 3.85. The maximum Gasteiger partial charge on any atom is 0.0876 e. The molecule has 1 aliphatic heterocycles. The summed E-state index contributed by atoms with van der Waals surface area (Å²) in [6.45, 7) is 3.13. The van der Waals surface area contributed by atoms with Crippen LogP contribution < -0.4 is 0 Å². The van der Waals surface area contributed by atoms with Gasteiger partial charge >= 0.3 is 0 Å². The van der Waals surface area contributed by atoms with Gasteiger partial charge in [0.05, 0.1) is 19.0 Å². The Morgan fingerprint density at radius 3 is 2.67 bits per heavy atom. The molecular weight excluding hydrogens is 188 g/mol. The van der Waals surface area contributed by atoms with Crippen LogP contribution in [0.25, 0.3) is 0 Å². The highest BCUT2D eigenvalue weighted by Crippen LogP contribution is 2.34. The van der Waals surface area contributed by atoms with Crippen LogP contribution in [0, 0.1) is 11.8 Å². The summed E-state index contributed by atoms with van der Waals surface area (Å²) in [6.07, 6.45) is 8.55. The van der Waals surface area contributed by atoms with Gasteiger partial charge in [-0.1, -0.05) is 19.8 Å². The maximum atomic E-state index is 10.2. The van der Waals surface area contributed by atoms with Gasteiger partial charge in [-0.2, -0.15) is 0 Å². The van der Waals surface area contributed by atoms with Crippen LogP contribution in [0.3, 0.4) is 0 Å². The number of hydrogen-bond donors (Lipinski definition) is 1. The molecule has 1 atom stereocenters. The molecule has 0 aromatic rings. The van der Waals surface area contributed by atoms with Gasteiger partial charge in [-0.3, -0.25) is 0 Å². The second kappa shape index (κ2) is 5.02. The average molecular weight is 210 g/mol. The lowest BCUT2D eigenvalue weighted by Crippen LogP contribution is -2.28. The molecule has 0 saturated heterocycles. The Hall–Kier alpha value is -0.500. The zero-order valence-electron chi connectivity index (χ0n) is 9.61. The molecule has 1 N–H and O–H groups in total. The van der Waals surface area contributed by atoms with Crippen molar-refractivity contribution in [2.45, 2.75) is 51.6 Å². The van der Waals surface area contributed by atoms with Gasteiger partial charge in [-0.05, 0) is 43.1 Å². The quantitative estimate of drug-likeness (QED) is 0.759. The fraction of sp³-hybridized carbons (Fsp3) is 0.846. The molecule has 1 saturated carbocycles.